The normalized spacial score (nSPS) is 16.1. The second kappa shape index (κ2) is 6.44. The van der Waals surface area contributed by atoms with Crippen LogP contribution in [0.4, 0.5) is 5.69 Å². The Morgan fingerprint density at radius 2 is 1.86 bits per heavy atom. The molecule has 3 heteroatoms. The molecule has 0 fully saturated rings. The van der Waals surface area contributed by atoms with Gasteiger partial charge in [0.15, 0.2) is 0 Å². The second-order valence-corrected chi connectivity index (χ2v) is 5.35. The Morgan fingerprint density at radius 1 is 1.10 bits per heavy atom. The Morgan fingerprint density at radius 3 is 2.67 bits per heavy atom. The number of ether oxygens (including phenoxy) is 1. The van der Waals surface area contributed by atoms with Gasteiger partial charge >= 0.3 is 5.97 Å². The summed E-state index contributed by atoms with van der Waals surface area (Å²) < 4.78 is 5.30. The Balaban J connectivity index is 1.39. The predicted molar refractivity (Wildman–Crippen MR) is 83.5 cm³/mol. The van der Waals surface area contributed by atoms with Crippen molar-refractivity contribution in [2.45, 2.75) is 25.3 Å². The molecule has 0 saturated heterocycles. The molecule has 1 atom stereocenters. The molecule has 0 spiro atoms. The summed E-state index contributed by atoms with van der Waals surface area (Å²) in [7, 11) is 0. The number of anilines is 1. The van der Waals surface area contributed by atoms with E-state index in [-0.39, 0.29) is 5.97 Å². The number of para-hydroxylation sites is 1. The number of hydrogen-bond acceptors (Lipinski definition) is 3. The van der Waals surface area contributed by atoms with Crippen LogP contribution in [0.1, 0.15) is 28.8 Å². The summed E-state index contributed by atoms with van der Waals surface area (Å²) in [6, 6.07) is 18.0. The first-order valence-electron chi connectivity index (χ1n) is 7.39. The average molecular weight is 281 g/mol. The fourth-order valence-electron chi connectivity index (χ4n) is 2.70. The van der Waals surface area contributed by atoms with Gasteiger partial charge in [-0.15, -0.1) is 0 Å². The van der Waals surface area contributed by atoms with Crippen molar-refractivity contribution in [2.24, 2.45) is 0 Å². The number of carbonyl (C=O) groups is 1. The minimum absolute atomic E-state index is 0.238. The Kier molecular flexibility index (Phi) is 4.20. The summed E-state index contributed by atoms with van der Waals surface area (Å²) in [5.41, 5.74) is 3.23. The smallest absolute Gasteiger partial charge is 0.338 e. The molecule has 0 radical (unpaired) electrons. The van der Waals surface area contributed by atoms with Crippen LogP contribution in [0.3, 0.4) is 0 Å². The quantitative estimate of drug-likeness (QED) is 0.671. The highest BCUT2D eigenvalue weighted by Crippen LogP contribution is 2.26. The van der Waals surface area contributed by atoms with E-state index in [9.17, 15) is 4.79 Å². The van der Waals surface area contributed by atoms with Crippen molar-refractivity contribution in [1.82, 2.24) is 0 Å². The summed E-state index contributed by atoms with van der Waals surface area (Å²) >= 11 is 0. The van der Waals surface area contributed by atoms with Crippen molar-refractivity contribution in [3.63, 3.8) is 0 Å². The van der Waals surface area contributed by atoms with Crippen LogP contribution in [0.2, 0.25) is 0 Å². The number of rotatable bonds is 5. The van der Waals surface area contributed by atoms with E-state index in [2.05, 4.69) is 29.6 Å². The van der Waals surface area contributed by atoms with Crippen molar-refractivity contribution in [2.75, 3.05) is 11.9 Å². The van der Waals surface area contributed by atoms with Gasteiger partial charge < -0.3 is 10.1 Å². The van der Waals surface area contributed by atoms with Gasteiger partial charge in [-0.1, -0.05) is 36.4 Å². The molecular weight excluding hydrogens is 262 g/mol. The van der Waals surface area contributed by atoms with Gasteiger partial charge in [-0.05, 0) is 43.0 Å². The summed E-state index contributed by atoms with van der Waals surface area (Å²) in [5.74, 6) is -0.238. The van der Waals surface area contributed by atoms with Gasteiger partial charge in [0.05, 0.1) is 12.2 Å². The molecule has 0 aromatic heterocycles. The first kappa shape index (κ1) is 13.7. The van der Waals surface area contributed by atoms with Crippen molar-refractivity contribution < 1.29 is 9.53 Å². The highest BCUT2D eigenvalue weighted by atomic mass is 16.5. The fourth-order valence-corrected chi connectivity index (χ4v) is 2.70. The molecule has 3 nitrogen and oxygen atoms in total. The SMILES string of the molecule is O=C(OCCCC1Cc2ccccc2N1)c1ccccc1. The monoisotopic (exact) mass is 281 g/mol. The molecule has 1 aliphatic rings. The second-order valence-electron chi connectivity index (χ2n) is 5.35. The van der Waals surface area contributed by atoms with Crippen molar-refractivity contribution in [3.05, 3.63) is 65.7 Å². The van der Waals surface area contributed by atoms with Gasteiger partial charge in [0.25, 0.3) is 0 Å². The predicted octanol–water partition coefficient (Wildman–Crippen LogP) is 3.66. The lowest BCUT2D eigenvalue weighted by Gasteiger charge is -2.11. The maximum absolute atomic E-state index is 11.8. The number of nitrogens with one attached hydrogen (secondary N) is 1. The summed E-state index contributed by atoms with van der Waals surface area (Å²) in [6.07, 6.45) is 2.95. The molecule has 0 saturated carbocycles. The van der Waals surface area contributed by atoms with E-state index in [1.54, 1.807) is 12.1 Å². The number of carbonyl (C=O) groups excluding carboxylic acids is 1. The van der Waals surface area contributed by atoms with E-state index >= 15 is 0 Å². The van der Waals surface area contributed by atoms with Crippen LogP contribution in [-0.4, -0.2) is 18.6 Å². The first-order chi connectivity index (χ1) is 10.3. The highest BCUT2D eigenvalue weighted by Gasteiger charge is 2.19. The third-order valence-corrected chi connectivity index (χ3v) is 3.78. The average Bonchev–Trinajstić information content (AvgIpc) is 2.95. The van der Waals surface area contributed by atoms with Gasteiger partial charge in [0.2, 0.25) is 0 Å². The van der Waals surface area contributed by atoms with Crippen LogP contribution in [0.25, 0.3) is 0 Å². The summed E-state index contributed by atoms with van der Waals surface area (Å²) in [5, 5.41) is 3.51. The largest absolute Gasteiger partial charge is 0.462 e. The van der Waals surface area contributed by atoms with Gasteiger partial charge in [-0.2, -0.15) is 0 Å². The van der Waals surface area contributed by atoms with E-state index in [1.165, 1.54) is 11.3 Å². The first-order valence-corrected chi connectivity index (χ1v) is 7.39. The minimum Gasteiger partial charge on any atom is -0.462 e. The van der Waals surface area contributed by atoms with Gasteiger partial charge in [-0.3, -0.25) is 0 Å². The summed E-state index contributed by atoms with van der Waals surface area (Å²) in [4.78, 5) is 11.8. The highest BCUT2D eigenvalue weighted by molar-refractivity contribution is 5.89. The third-order valence-electron chi connectivity index (χ3n) is 3.78. The molecular formula is C18H19NO2. The minimum atomic E-state index is -0.238. The standard InChI is InChI=1S/C18H19NO2/c20-18(14-7-2-1-3-8-14)21-12-6-10-16-13-15-9-4-5-11-17(15)19-16/h1-5,7-9,11,16,19H,6,10,12-13H2. The summed E-state index contributed by atoms with van der Waals surface area (Å²) in [6.45, 7) is 0.474. The zero-order valence-electron chi connectivity index (χ0n) is 11.9. The van der Waals surface area contributed by atoms with Gasteiger partial charge in [0.1, 0.15) is 0 Å². The maximum Gasteiger partial charge on any atom is 0.338 e. The molecule has 1 unspecified atom stereocenters. The van der Waals surface area contributed by atoms with E-state index in [0.29, 0.717) is 18.2 Å². The molecule has 1 aliphatic heterocycles. The van der Waals surface area contributed by atoms with E-state index < -0.39 is 0 Å². The zero-order valence-corrected chi connectivity index (χ0v) is 11.9. The van der Waals surface area contributed by atoms with Crippen LogP contribution in [0.5, 0.6) is 0 Å². The van der Waals surface area contributed by atoms with Crippen molar-refractivity contribution in [1.29, 1.82) is 0 Å². The van der Waals surface area contributed by atoms with E-state index in [4.69, 9.17) is 4.74 Å². The van der Waals surface area contributed by atoms with Crippen LogP contribution in [0, 0.1) is 0 Å². The molecule has 3 rings (SSSR count). The Bertz CT molecular complexity index is 585. The molecule has 1 N–H and O–H groups in total. The molecule has 0 aliphatic carbocycles. The molecule has 21 heavy (non-hydrogen) atoms. The van der Waals surface area contributed by atoms with Crippen molar-refractivity contribution >= 4 is 11.7 Å². The number of fused-ring (bicyclic) bond motifs is 1. The topological polar surface area (TPSA) is 38.3 Å². The maximum atomic E-state index is 11.8. The lowest BCUT2D eigenvalue weighted by atomic mass is 10.1. The molecule has 108 valence electrons. The Hall–Kier alpha value is -2.29. The fraction of sp³-hybridized carbons (Fsp3) is 0.278. The van der Waals surface area contributed by atoms with Crippen LogP contribution < -0.4 is 5.32 Å². The molecule has 1 heterocycles. The van der Waals surface area contributed by atoms with Crippen LogP contribution >= 0.6 is 0 Å². The van der Waals surface area contributed by atoms with Gasteiger partial charge in [0, 0.05) is 11.7 Å². The molecule has 0 amide bonds. The van der Waals surface area contributed by atoms with Crippen LogP contribution in [0.15, 0.2) is 54.6 Å². The number of esters is 1. The van der Waals surface area contributed by atoms with Crippen LogP contribution in [-0.2, 0) is 11.2 Å². The van der Waals surface area contributed by atoms with E-state index in [0.717, 1.165) is 19.3 Å². The third kappa shape index (κ3) is 3.43. The number of hydrogen-bond donors (Lipinski definition) is 1. The molecule has 0 bridgehead atoms. The molecule has 2 aromatic rings. The Labute approximate surface area is 124 Å². The zero-order chi connectivity index (χ0) is 14.5. The van der Waals surface area contributed by atoms with Crippen molar-refractivity contribution in [3.8, 4) is 0 Å². The number of benzene rings is 2. The van der Waals surface area contributed by atoms with Gasteiger partial charge in [-0.25, -0.2) is 4.79 Å². The lowest BCUT2D eigenvalue weighted by molar-refractivity contribution is 0.0497. The van der Waals surface area contributed by atoms with E-state index in [1.807, 2.05) is 18.2 Å². The lowest BCUT2D eigenvalue weighted by Crippen LogP contribution is -2.16. The molecule has 2 aromatic carbocycles.